The molecule has 3 rings (SSSR count). The number of aromatic amines is 1. The fourth-order valence-electron chi connectivity index (χ4n) is 4.54. The first kappa shape index (κ1) is 13.7. The number of nitrogens with one attached hydrogen (secondary N) is 2. The van der Waals surface area contributed by atoms with Crippen molar-refractivity contribution >= 4 is 11.6 Å². The lowest BCUT2D eigenvalue weighted by atomic mass is 9.57. The molecule has 2 bridgehead atoms. The second-order valence-electron chi connectivity index (χ2n) is 6.89. The quantitative estimate of drug-likeness (QED) is 0.879. The second kappa shape index (κ2) is 5.58. The molecule has 2 aliphatic rings. The Hall–Kier alpha value is -1.32. The molecule has 2 saturated carbocycles. The van der Waals surface area contributed by atoms with Gasteiger partial charge in [-0.1, -0.05) is 26.2 Å². The van der Waals surface area contributed by atoms with E-state index in [4.69, 9.17) is 0 Å². The summed E-state index contributed by atoms with van der Waals surface area (Å²) < 4.78 is 0. The standard InChI is InChI=1S/C16H25N3O/c1-2-12-6-13-4-3-5-16(7-12,8-13)9-15(20)19-14-10-17-18-11-14/h10-13H,2-9H2,1H3,(H,17,18)(H,19,20). The molecule has 0 saturated heterocycles. The molecule has 0 aromatic carbocycles. The molecule has 2 aliphatic carbocycles. The van der Waals surface area contributed by atoms with Crippen LogP contribution < -0.4 is 5.32 Å². The summed E-state index contributed by atoms with van der Waals surface area (Å²) in [4.78, 5) is 12.3. The molecule has 20 heavy (non-hydrogen) atoms. The molecule has 0 spiro atoms. The highest BCUT2D eigenvalue weighted by molar-refractivity contribution is 5.90. The Labute approximate surface area is 120 Å². The maximum Gasteiger partial charge on any atom is 0.225 e. The maximum atomic E-state index is 12.3. The summed E-state index contributed by atoms with van der Waals surface area (Å²) in [5, 5.41) is 9.57. The van der Waals surface area contributed by atoms with Crippen LogP contribution in [0.4, 0.5) is 5.69 Å². The molecule has 1 amide bonds. The van der Waals surface area contributed by atoms with E-state index in [1.54, 1.807) is 12.4 Å². The van der Waals surface area contributed by atoms with E-state index in [9.17, 15) is 4.79 Å². The SMILES string of the molecule is CCC1CC2CCCC(CC(=O)Nc3cn[nH]c3)(C1)C2. The summed E-state index contributed by atoms with van der Waals surface area (Å²) in [7, 11) is 0. The fourth-order valence-corrected chi connectivity index (χ4v) is 4.54. The van der Waals surface area contributed by atoms with Gasteiger partial charge in [-0.05, 0) is 42.9 Å². The van der Waals surface area contributed by atoms with Gasteiger partial charge in [0, 0.05) is 12.6 Å². The van der Waals surface area contributed by atoms with Crippen molar-refractivity contribution in [1.82, 2.24) is 10.2 Å². The van der Waals surface area contributed by atoms with Gasteiger partial charge in [0.2, 0.25) is 5.91 Å². The minimum Gasteiger partial charge on any atom is -0.323 e. The molecule has 3 unspecified atom stereocenters. The van der Waals surface area contributed by atoms with E-state index in [-0.39, 0.29) is 11.3 Å². The number of hydrogen-bond acceptors (Lipinski definition) is 2. The van der Waals surface area contributed by atoms with Gasteiger partial charge >= 0.3 is 0 Å². The summed E-state index contributed by atoms with van der Waals surface area (Å²) in [6, 6.07) is 0. The largest absolute Gasteiger partial charge is 0.323 e. The van der Waals surface area contributed by atoms with Crippen molar-refractivity contribution in [2.75, 3.05) is 5.32 Å². The predicted molar refractivity (Wildman–Crippen MR) is 79.2 cm³/mol. The van der Waals surface area contributed by atoms with Gasteiger partial charge < -0.3 is 5.32 Å². The number of fused-ring (bicyclic) bond motifs is 2. The normalized spacial score (nSPS) is 32.9. The van der Waals surface area contributed by atoms with Gasteiger partial charge in [0.05, 0.1) is 11.9 Å². The Balaban J connectivity index is 1.65. The van der Waals surface area contributed by atoms with Gasteiger partial charge in [0.15, 0.2) is 0 Å². The number of carbonyl (C=O) groups excluding carboxylic acids is 1. The van der Waals surface area contributed by atoms with Gasteiger partial charge in [-0.3, -0.25) is 9.89 Å². The zero-order valence-corrected chi connectivity index (χ0v) is 12.3. The van der Waals surface area contributed by atoms with Crippen LogP contribution in [0.1, 0.15) is 58.3 Å². The molecule has 0 radical (unpaired) electrons. The Morgan fingerprint density at radius 1 is 1.55 bits per heavy atom. The van der Waals surface area contributed by atoms with E-state index < -0.39 is 0 Å². The van der Waals surface area contributed by atoms with Crippen LogP contribution in [-0.4, -0.2) is 16.1 Å². The number of rotatable bonds is 4. The second-order valence-corrected chi connectivity index (χ2v) is 6.89. The molecule has 1 heterocycles. The van der Waals surface area contributed by atoms with Gasteiger partial charge in [-0.15, -0.1) is 0 Å². The molecular weight excluding hydrogens is 250 g/mol. The average molecular weight is 275 g/mol. The van der Waals surface area contributed by atoms with Crippen molar-refractivity contribution in [3.63, 3.8) is 0 Å². The van der Waals surface area contributed by atoms with E-state index in [0.29, 0.717) is 6.42 Å². The average Bonchev–Trinajstić information content (AvgIpc) is 2.90. The number of H-pyrrole nitrogens is 1. The minimum atomic E-state index is 0.156. The zero-order valence-electron chi connectivity index (χ0n) is 12.3. The van der Waals surface area contributed by atoms with Gasteiger partial charge in [0.1, 0.15) is 0 Å². The van der Waals surface area contributed by atoms with Crippen molar-refractivity contribution < 1.29 is 4.79 Å². The van der Waals surface area contributed by atoms with Crippen molar-refractivity contribution in [3.8, 4) is 0 Å². The first-order valence-electron chi connectivity index (χ1n) is 7.98. The molecule has 0 aliphatic heterocycles. The smallest absolute Gasteiger partial charge is 0.225 e. The Bertz CT molecular complexity index is 456. The van der Waals surface area contributed by atoms with E-state index in [1.807, 2.05) is 0 Å². The number of anilines is 1. The van der Waals surface area contributed by atoms with Crippen LogP contribution >= 0.6 is 0 Å². The Morgan fingerprint density at radius 2 is 2.45 bits per heavy atom. The topological polar surface area (TPSA) is 57.8 Å². The van der Waals surface area contributed by atoms with Crippen molar-refractivity contribution in [3.05, 3.63) is 12.4 Å². The summed E-state index contributed by atoms with van der Waals surface area (Å²) in [5.74, 6) is 1.85. The lowest BCUT2D eigenvalue weighted by Gasteiger charge is -2.48. The van der Waals surface area contributed by atoms with Crippen molar-refractivity contribution in [1.29, 1.82) is 0 Å². The van der Waals surface area contributed by atoms with Crippen LogP contribution in [0, 0.1) is 17.3 Å². The first-order chi connectivity index (χ1) is 9.69. The number of carbonyl (C=O) groups is 1. The highest BCUT2D eigenvalue weighted by Gasteiger charge is 2.43. The van der Waals surface area contributed by atoms with E-state index in [0.717, 1.165) is 17.5 Å². The number of hydrogen-bond donors (Lipinski definition) is 2. The summed E-state index contributed by atoms with van der Waals surface area (Å²) in [6.45, 7) is 2.30. The third-order valence-corrected chi connectivity index (χ3v) is 5.32. The van der Waals surface area contributed by atoms with Gasteiger partial charge in [-0.2, -0.15) is 5.10 Å². The van der Waals surface area contributed by atoms with E-state index in [1.165, 1.54) is 44.9 Å². The van der Waals surface area contributed by atoms with Crippen molar-refractivity contribution in [2.24, 2.45) is 17.3 Å². The monoisotopic (exact) mass is 275 g/mol. The van der Waals surface area contributed by atoms with Gasteiger partial charge in [-0.25, -0.2) is 0 Å². The molecule has 2 fully saturated rings. The summed E-state index contributed by atoms with van der Waals surface area (Å²) in [6.07, 6.45) is 13.2. The number of nitrogens with zero attached hydrogens (tertiary/aromatic N) is 1. The Kier molecular flexibility index (Phi) is 3.81. The molecule has 3 atom stereocenters. The number of amides is 1. The molecule has 1 aromatic rings. The highest BCUT2D eigenvalue weighted by atomic mass is 16.1. The van der Waals surface area contributed by atoms with Crippen molar-refractivity contribution in [2.45, 2.75) is 58.3 Å². The summed E-state index contributed by atoms with van der Waals surface area (Å²) in [5.41, 5.74) is 1.05. The van der Waals surface area contributed by atoms with Crippen LogP contribution in [0.2, 0.25) is 0 Å². The predicted octanol–water partition coefficient (Wildman–Crippen LogP) is 3.73. The van der Waals surface area contributed by atoms with Crippen LogP contribution in [0.25, 0.3) is 0 Å². The third-order valence-electron chi connectivity index (χ3n) is 5.32. The molecule has 1 aromatic heterocycles. The molecule has 4 nitrogen and oxygen atoms in total. The molecule has 4 heteroatoms. The minimum absolute atomic E-state index is 0.156. The van der Waals surface area contributed by atoms with Crippen LogP contribution in [0.15, 0.2) is 12.4 Å². The molecule has 2 N–H and O–H groups in total. The highest BCUT2D eigenvalue weighted by Crippen LogP contribution is 2.53. The van der Waals surface area contributed by atoms with Crippen LogP contribution in [0.3, 0.4) is 0 Å². The van der Waals surface area contributed by atoms with Crippen LogP contribution in [-0.2, 0) is 4.79 Å². The number of aromatic nitrogens is 2. The lowest BCUT2D eigenvalue weighted by Crippen LogP contribution is -2.39. The summed E-state index contributed by atoms with van der Waals surface area (Å²) >= 11 is 0. The first-order valence-corrected chi connectivity index (χ1v) is 7.98. The Morgan fingerprint density at radius 3 is 3.20 bits per heavy atom. The van der Waals surface area contributed by atoms with E-state index >= 15 is 0 Å². The fraction of sp³-hybridized carbons (Fsp3) is 0.750. The maximum absolute atomic E-state index is 12.3. The van der Waals surface area contributed by atoms with E-state index in [2.05, 4.69) is 22.4 Å². The molecule has 110 valence electrons. The third kappa shape index (κ3) is 2.89. The van der Waals surface area contributed by atoms with Crippen LogP contribution in [0.5, 0.6) is 0 Å². The van der Waals surface area contributed by atoms with Gasteiger partial charge in [0.25, 0.3) is 0 Å². The zero-order chi connectivity index (χ0) is 14.0. The lowest BCUT2D eigenvalue weighted by molar-refractivity contribution is -0.120. The molecular formula is C16H25N3O.